The molecular formula is C13H28. The Bertz CT molecular complexity index is 78.0. The Labute approximate surface area is 85.1 Å². The first-order valence-electron chi connectivity index (χ1n) is 6.35. The van der Waals surface area contributed by atoms with Crippen LogP contribution < -0.4 is 0 Å². The Morgan fingerprint density at radius 3 is 1.77 bits per heavy atom. The van der Waals surface area contributed by atoms with Crippen molar-refractivity contribution in [1.29, 1.82) is 0 Å². The summed E-state index contributed by atoms with van der Waals surface area (Å²) in [6.45, 7) is 6.65. The van der Waals surface area contributed by atoms with Gasteiger partial charge in [-0.3, -0.25) is 0 Å². The maximum Gasteiger partial charge on any atom is -0.0414 e. The summed E-state index contributed by atoms with van der Waals surface area (Å²) in [6, 6.07) is 0. The largest absolute Gasteiger partial charge is 0.0654 e. The van der Waals surface area contributed by atoms with E-state index in [9.17, 15) is 0 Å². The van der Waals surface area contributed by atoms with Crippen LogP contribution in [0.3, 0.4) is 0 Å². The van der Waals surface area contributed by atoms with E-state index in [2.05, 4.69) is 20.8 Å². The Hall–Kier alpha value is 0. The molecule has 0 unspecified atom stereocenters. The Morgan fingerprint density at radius 1 is 0.846 bits per heavy atom. The third kappa shape index (κ3) is 8.33. The van der Waals surface area contributed by atoms with Crippen molar-refractivity contribution in [3.8, 4) is 0 Å². The number of hydrogen-bond acceptors (Lipinski definition) is 0. The summed E-state index contributed by atoms with van der Waals surface area (Å²) < 4.78 is 0. The van der Waals surface area contributed by atoms with Crippen molar-refractivity contribution in [3.05, 3.63) is 0 Å². The van der Waals surface area contributed by atoms with E-state index < -0.39 is 0 Å². The highest BCUT2D eigenvalue weighted by molar-refractivity contribution is 4.66. The van der Waals surface area contributed by atoms with Crippen LogP contribution in [0.2, 0.25) is 0 Å². The zero-order chi connectivity index (χ0) is 9.94. The van der Waals surface area contributed by atoms with Gasteiger partial charge in [-0.25, -0.2) is 0 Å². The average Bonchev–Trinajstić information content (AvgIpc) is 2.67. The minimum Gasteiger partial charge on any atom is -0.0654 e. The van der Waals surface area contributed by atoms with E-state index in [-0.39, 0.29) is 0 Å². The lowest BCUT2D eigenvalue weighted by molar-refractivity contribution is 0.480. The molecule has 1 aliphatic rings. The molecule has 80 valence electrons. The first-order chi connectivity index (χ1) is 6.35. The van der Waals surface area contributed by atoms with Crippen molar-refractivity contribution in [3.63, 3.8) is 0 Å². The zero-order valence-electron chi connectivity index (χ0n) is 9.94. The van der Waals surface area contributed by atoms with E-state index in [1.165, 1.54) is 57.8 Å². The van der Waals surface area contributed by atoms with Crippen LogP contribution >= 0.6 is 0 Å². The van der Waals surface area contributed by atoms with Crippen LogP contribution in [0.4, 0.5) is 0 Å². The van der Waals surface area contributed by atoms with Gasteiger partial charge in [0.1, 0.15) is 0 Å². The smallest absolute Gasteiger partial charge is 0.0414 e. The van der Waals surface area contributed by atoms with Gasteiger partial charge < -0.3 is 0 Å². The molecule has 0 aromatic rings. The molecule has 0 aromatic carbocycles. The fraction of sp³-hybridized carbons (Fsp3) is 1.00. The number of rotatable bonds is 4. The molecule has 0 heterocycles. The van der Waals surface area contributed by atoms with Gasteiger partial charge in [-0.15, -0.1) is 0 Å². The molecule has 0 radical (unpaired) electrons. The molecule has 1 saturated carbocycles. The second-order valence-corrected chi connectivity index (χ2v) is 4.29. The molecule has 0 saturated heterocycles. The van der Waals surface area contributed by atoms with Crippen molar-refractivity contribution in [1.82, 2.24) is 0 Å². The van der Waals surface area contributed by atoms with Gasteiger partial charge in [-0.2, -0.15) is 0 Å². The van der Waals surface area contributed by atoms with Gasteiger partial charge in [-0.1, -0.05) is 78.6 Å². The molecule has 0 aliphatic heterocycles. The van der Waals surface area contributed by atoms with Crippen molar-refractivity contribution in [2.75, 3.05) is 0 Å². The summed E-state index contributed by atoms with van der Waals surface area (Å²) >= 11 is 0. The second kappa shape index (κ2) is 10.1. The summed E-state index contributed by atoms with van der Waals surface area (Å²) in [5, 5.41) is 0. The maximum absolute atomic E-state index is 2.29. The molecule has 13 heavy (non-hydrogen) atoms. The summed E-state index contributed by atoms with van der Waals surface area (Å²) in [5.41, 5.74) is 0. The molecule has 0 atom stereocenters. The first-order valence-corrected chi connectivity index (χ1v) is 6.35. The lowest BCUT2D eigenvalue weighted by atomic mass is 10.0. The van der Waals surface area contributed by atoms with Crippen LogP contribution in [0, 0.1) is 5.92 Å². The van der Waals surface area contributed by atoms with Gasteiger partial charge in [0.2, 0.25) is 0 Å². The Kier molecular flexibility index (Phi) is 10.1. The second-order valence-electron chi connectivity index (χ2n) is 4.29. The van der Waals surface area contributed by atoms with Gasteiger partial charge in [0.15, 0.2) is 0 Å². The van der Waals surface area contributed by atoms with Crippen LogP contribution in [0.25, 0.3) is 0 Å². The highest BCUT2D eigenvalue weighted by Crippen LogP contribution is 2.28. The average molecular weight is 184 g/mol. The molecular weight excluding hydrogens is 156 g/mol. The van der Waals surface area contributed by atoms with E-state index >= 15 is 0 Å². The quantitative estimate of drug-likeness (QED) is 0.565. The molecule has 0 spiro atoms. The summed E-state index contributed by atoms with van der Waals surface area (Å²) in [6.07, 6.45) is 13.1. The Morgan fingerprint density at radius 2 is 1.38 bits per heavy atom. The highest BCUT2D eigenvalue weighted by Gasteiger charge is 2.13. The van der Waals surface area contributed by atoms with Crippen LogP contribution in [-0.2, 0) is 0 Å². The molecule has 0 nitrogen and oxygen atoms in total. The standard InChI is InChI=1S/C9H18.C4H10/c1-2-3-6-9-7-4-5-8-9;1-3-4-2/h9H,2-8H2,1H3;3-4H2,1-2H3. The zero-order valence-corrected chi connectivity index (χ0v) is 9.94. The summed E-state index contributed by atoms with van der Waals surface area (Å²) in [7, 11) is 0. The summed E-state index contributed by atoms with van der Waals surface area (Å²) in [4.78, 5) is 0. The van der Waals surface area contributed by atoms with Gasteiger partial charge in [-0.05, 0) is 5.92 Å². The van der Waals surface area contributed by atoms with Crippen molar-refractivity contribution < 1.29 is 0 Å². The Balaban J connectivity index is 0.000000310. The lowest BCUT2D eigenvalue weighted by Gasteiger charge is -2.05. The third-order valence-electron chi connectivity index (χ3n) is 2.94. The van der Waals surface area contributed by atoms with E-state index in [0.29, 0.717) is 0 Å². The predicted molar refractivity (Wildman–Crippen MR) is 62.1 cm³/mol. The van der Waals surface area contributed by atoms with Gasteiger partial charge >= 0.3 is 0 Å². The van der Waals surface area contributed by atoms with Crippen molar-refractivity contribution in [2.24, 2.45) is 5.92 Å². The van der Waals surface area contributed by atoms with E-state index in [4.69, 9.17) is 0 Å². The third-order valence-corrected chi connectivity index (χ3v) is 2.94. The SMILES string of the molecule is CCCC.CCCCC1CCCC1. The van der Waals surface area contributed by atoms with Crippen LogP contribution in [0.1, 0.15) is 78.6 Å². The van der Waals surface area contributed by atoms with Crippen LogP contribution in [0.5, 0.6) is 0 Å². The van der Waals surface area contributed by atoms with Gasteiger partial charge in [0, 0.05) is 0 Å². The molecule has 0 aromatic heterocycles. The maximum atomic E-state index is 2.29. The van der Waals surface area contributed by atoms with Crippen LogP contribution in [0.15, 0.2) is 0 Å². The van der Waals surface area contributed by atoms with Gasteiger partial charge in [0.25, 0.3) is 0 Å². The molecule has 1 rings (SSSR count). The molecule has 0 N–H and O–H groups in total. The summed E-state index contributed by atoms with van der Waals surface area (Å²) in [5.74, 6) is 1.12. The predicted octanol–water partition coefficient (Wildman–Crippen LogP) is 5.17. The molecule has 0 bridgehead atoms. The molecule has 0 amide bonds. The minimum atomic E-state index is 1.12. The number of hydrogen-bond donors (Lipinski definition) is 0. The lowest BCUT2D eigenvalue weighted by Crippen LogP contribution is -1.91. The van der Waals surface area contributed by atoms with E-state index in [0.717, 1.165) is 5.92 Å². The highest BCUT2D eigenvalue weighted by atomic mass is 14.2. The molecule has 0 heteroatoms. The molecule has 1 aliphatic carbocycles. The van der Waals surface area contributed by atoms with Crippen LogP contribution in [-0.4, -0.2) is 0 Å². The van der Waals surface area contributed by atoms with Gasteiger partial charge in [0.05, 0.1) is 0 Å². The van der Waals surface area contributed by atoms with E-state index in [1.807, 2.05) is 0 Å². The topological polar surface area (TPSA) is 0 Å². The minimum absolute atomic E-state index is 1.12. The first kappa shape index (κ1) is 13.0. The number of unbranched alkanes of at least 4 members (excludes halogenated alkanes) is 2. The molecule has 1 fully saturated rings. The van der Waals surface area contributed by atoms with Crippen molar-refractivity contribution in [2.45, 2.75) is 78.6 Å². The monoisotopic (exact) mass is 184 g/mol. The fourth-order valence-corrected chi connectivity index (χ4v) is 1.79. The fourth-order valence-electron chi connectivity index (χ4n) is 1.79. The normalized spacial score (nSPS) is 16.8. The van der Waals surface area contributed by atoms with Crippen molar-refractivity contribution >= 4 is 0 Å². The van der Waals surface area contributed by atoms with E-state index in [1.54, 1.807) is 0 Å².